The molecular formula is C18H23NO. The molecule has 2 aromatic carbocycles. The summed E-state index contributed by atoms with van der Waals surface area (Å²) in [5.74, 6) is 0.903. The van der Waals surface area contributed by atoms with Gasteiger partial charge in [0.1, 0.15) is 5.75 Å². The van der Waals surface area contributed by atoms with Crippen LogP contribution in [-0.2, 0) is 6.42 Å². The summed E-state index contributed by atoms with van der Waals surface area (Å²) < 4.78 is 5.18. The molecule has 0 fully saturated rings. The van der Waals surface area contributed by atoms with E-state index in [0.29, 0.717) is 6.04 Å². The van der Waals surface area contributed by atoms with Crippen LogP contribution in [0.2, 0.25) is 0 Å². The fraction of sp³-hybridized carbons (Fsp3) is 0.333. The predicted octanol–water partition coefficient (Wildman–Crippen LogP) is 3.90. The van der Waals surface area contributed by atoms with Crippen molar-refractivity contribution < 1.29 is 4.74 Å². The second-order valence-electron chi connectivity index (χ2n) is 5.19. The fourth-order valence-corrected chi connectivity index (χ4v) is 2.31. The monoisotopic (exact) mass is 269 g/mol. The van der Waals surface area contributed by atoms with Gasteiger partial charge in [0.2, 0.25) is 0 Å². The van der Waals surface area contributed by atoms with Crippen LogP contribution in [0.1, 0.15) is 29.7 Å². The van der Waals surface area contributed by atoms with E-state index in [2.05, 4.69) is 55.6 Å². The average Bonchev–Trinajstić information content (AvgIpc) is 2.47. The van der Waals surface area contributed by atoms with E-state index in [-0.39, 0.29) is 0 Å². The van der Waals surface area contributed by atoms with Crippen molar-refractivity contribution in [2.75, 3.05) is 13.7 Å². The van der Waals surface area contributed by atoms with Gasteiger partial charge in [0.15, 0.2) is 0 Å². The van der Waals surface area contributed by atoms with Gasteiger partial charge in [0.25, 0.3) is 0 Å². The molecule has 1 N–H and O–H groups in total. The van der Waals surface area contributed by atoms with Crippen LogP contribution in [0, 0.1) is 6.92 Å². The number of hydrogen-bond acceptors (Lipinski definition) is 2. The first kappa shape index (κ1) is 14.6. The first-order chi connectivity index (χ1) is 9.69. The highest BCUT2D eigenvalue weighted by Crippen LogP contribution is 2.17. The van der Waals surface area contributed by atoms with E-state index < -0.39 is 0 Å². The molecule has 0 spiro atoms. The first-order valence-corrected chi connectivity index (χ1v) is 7.12. The molecule has 0 bridgehead atoms. The molecule has 0 amide bonds. The summed E-state index contributed by atoms with van der Waals surface area (Å²) in [7, 11) is 1.69. The van der Waals surface area contributed by atoms with Crippen LogP contribution in [0.5, 0.6) is 5.75 Å². The molecular weight excluding hydrogens is 246 g/mol. The van der Waals surface area contributed by atoms with Crippen LogP contribution in [0.25, 0.3) is 0 Å². The molecule has 0 heterocycles. The lowest BCUT2D eigenvalue weighted by molar-refractivity contribution is 0.414. The van der Waals surface area contributed by atoms with Crippen molar-refractivity contribution in [1.29, 1.82) is 0 Å². The van der Waals surface area contributed by atoms with Crippen LogP contribution in [0.4, 0.5) is 0 Å². The van der Waals surface area contributed by atoms with Crippen molar-refractivity contribution in [2.24, 2.45) is 0 Å². The molecule has 0 radical (unpaired) electrons. The maximum Gasteiger partial charge on any atom is 0.118 e. The number of hydrogen-bond donors (Lipinski definition) is 1. The van der Waals surface area contributed by atoms with Crippen molar-refractivity contribution in [3.05, 3.63) is 65.2 Å². The molecule has 2 nitrogen and oxygen atoms in total. The average molecular weight is 269 g/mol. The Morgan fingerprint density at radius 1 is 1.10 bits per heavy atom. The fourth-order valence-electron chi connectivity index (χ4n) is 2.31. The Kier molecular flexibility index (Phi) is 5.19. The van der Waals surface area contributed by atoms with Crippen LogP contribution in [0.15, 0.2) is 48.5 Å². The van der Waals surface area contributed by atoms with Crippen LogP contribution in [0.3, 0.4) is 0 Å². The van der Waals surface area contributed by atoms with Gasteiger partial charge in [0.05, 0.1) is 7.11 Å². The second-order valence-corrected chi connectivity index (χ2v) is 5.19. The summed E-state index contributed by atoms with van der Waals surface area (Å²) in [5, 5.41) is 3.56. The molecule has 2 aromatic rings. The molecule has 1 unspecified atom stereocenters. The summed E-state index contributed by atoms with van der Waals surface area (Å²) in [4.78, 5) is 0. The minimum Gasteiger partial charge on any atom is -0.497 e. The van der Waals surface area contributed by atoms with Crippen molar-refractivity contribution in [1.82, 2.24) is 5.32 Å². The van der Waals surface area contributed by atoms with Gasteiger partial charge in [-0.3, -0.25) is 0 Å². The number of methoxy groups -OCH3 is 1. The zero-order valence-electron chi connectivity index (χ0n) is 12.5. The van der Waals surface area contributed by atoms with Gasteiger partial charge < -0.3 is 10.1 Å². The van der Waals surface area contributed by atoms with Gasteiger partial charge in [-0.2, -0.15) is 0 Å². The Balaban J connectivity index is 1.83. The topological polar surface area (TPSA) is 21.3 Å². The Labute approximate surface area is 121 Å². The van der Waals surface area contributed by atoms with E-state index in [1.807, 2.05) is 12.1 Å². The predicted molar refractivity (Wildman–Crippen MR) is 84.3 cm³/mol. The molecule has 0 aliphatic carbocycles. The van der Waals surface area contributed by atoms with Crippen LogP contribution in [-0.4, -0.2) is 13.7 Å². The molecule has 2 heteroatoms. The number of nitrogens with one attached hydrogen (secondary N) is 1. The van der Waals surface area contributed by atoms with E-state index in [4.69, 9.17) is 4.74 Å². The quantitative estimate of drug-likeness (QED) is 0.859. The van der Waals surface area contributed by atoms with Crippen molar-refractivity contribution in [2.45, 2.75) is 26.3 Å². The Morgan fingerprint density at radius 3 is 2.50 bits per heavy atom. The van der Waals surface area contributed by atoms with Crippen molar-refractivity contribution in [3.63, 3.8) is 0 Å². The minimum atomic E-state index is 0.353. The van der Waals surface area contributed by atoms with Crippen molar-refractivity contribution in [3.8, 4) is 5.75 Å². The zero-order valence-corrected chi connectivity index (χ0v) is 12.5. The molecule has 1 atom stereocenters. The van der Waals surface area contributed by atoms with E-state index in [1.54, 1.807) is 7.11 Å². The van der Waals surface area contributed by atoms with E-state index >= 15 is 0 Å². The molecule has 0 saturated heterocycles. The lowest BCUT2D eigenvalue weighted by Crippen LogP contribution is -2.21. The Morgan fingerprint density at radius 2 is 1.85 bits per heavy atom. The second kappa shape index (κ2) is 7.11. The summed E-state index contributed by atoms with van der Waals surface area (Å²) >= 11 is 0. The molecule has 2 rings (SSSR count). The van der Waals surface area contributed by atoms with Gasteiger partial charge in [-0.05, 0) is 50.1 Å². The first-order valence-electron chi connectivity index (χ1n) is 7.12. The third-order valence-corrected chi connectivity index (χ3v) is 3.56. The molecule has 0 saturated carbocycles. The van der Waals surface area contributed by atoms with Gasteiger partial charge in [-0.15, -0.1) is 0 Å². The van der Waals surface area contributed by atoms with Crippen LogP contribution >= 0.6 is 0 Å². The highest BCUT2D eigenvalue weighted by Gasteiger charge is 2.04. The van der Waals surface area contributed by atoms with Gasteiger partial charge in [-0.1, -0.05) is 42.0 Å². The molecule has 0 aliphatic rings. The third kappa shape index (κ3) is 4.10. The van der Waals surface area contributed by atoms with Gasteiger partial charge >= 0.3 is 0 Å². The van der Waals surface area contributed by atoms with Crippen molar-refractivity contribution >= 4 is 0 Å². The molecule has 0 aliphatic heterocycles. The highest BCUT2D eigenvalue weighted by atomic mass is 16.5. The number of ether oxygens (including phenoxy) is 1. The zero-order chi connectivity index (χ0) is 14.4. The standard InChI is InChI=1S/C18H23NO/c1-14-5-4-6-16(13-14)11-12-19-15(2)17-7-9-18(20-3)10-8-17/h4-10,13,15,19H,11-12H2,1-3H3. The lowest BCUT2D eigenvalue weighted by Gasteiger charge is -2.15. The van der Waals surface area contributed by atoms with E-state index in [1.165, 1.54) is 16.7 Å². The van der Waals surface area contributed by atoms with Gasteiger partial charge in [0, 0.05) is 6.04 Å². The summed E-state index contributed by atoms with van der Waals surface area (Å²) in [6.45, 7) is 5.31. The van der Waals surface area contributed by atoms with E-state index in [9.17, 15) is 0 Å². The Hall–Kier alpha value is -1.80. The largest absolute Gasteiger partial charge is 0.497 e. The van der Waals surface area contributed by atoms with Crippen LogP contribution < -0.4 is 10.1 Å². The molecule has 106 valence electrons. The number of rotatable bonds is 6. The minimum absolute atomic E-state index is 0.353. The smallest absolute Gasteiger partial charge is 0.118 e. The number of benzene rings is 2. The maximum absolute atomic E-state index is 5.18. The van der Waals surface area contributed by atoms with E-state index in [0.717, 1.165) is 18.7 Å². The highest BCUT2D eigenvalue weighted by molar-refractivity contribution is 5.29. The normalized spacial score (nSPS) is 12.2. The summed E-state index contributed by atoms with van der Waals surface area (Å²) in [5.41, 5.74) is 4.00. The third-order valence-electron chi connectivity index (χ3n) is 3.56. The van der Waals surface area contributed by atoms with Gasteiger partial charge in [-0.25, -0.2) is 0 Å². The summed E-state index contributed by atoms with van der Waals surface area (Å²) in [6.07, 6.45) is 1.06. The maximum atomic E-state index is 5.18. The number of aryl methyl sites for hydroxylation is 1. The lowest BCUT2D eigenvalue weighted by atomic mass is 10.1. The molecule has 0 aromatic heterocycles. The summed E-state index contributed by atoms with van der Waals surface area (Å²) in [6, 6.07) is 17.3. The molecule has 20 heavy (non-hydrogen) atoms. The Bertz CT molecular complexity index is 533. The SMILES string of the molecule is COc1ccc(C(C)NCCc2cccc(C)c2)cc1.